The molecule has 2 atom stereocenters. The summed E-state index contributed by atoms with van der Waals surface area (Å²) in [7, 11) is 0. The molecular weight excluding hydrogens is 328 g/mol. The molecular formula is C18H29ClN2O3. The highest BCUT2D eigenvalue weighted by molar-refractivity contribution is 5.95. The van der Waals surface area contributed by atoms with Gasteiger partial charge in [-0.2, -0.15) is 0 Å². The molecule has 0 aliphatic carbocycles. The second-order valence-electron chi connectivity index (χ2n) is 5.99. The number of benzene rings is 1. The van der Waals surface area contributed by atoms with E-state index >= 15 is 0 Å². The number of hydrogen-bond acceptors (Lipinski definition) is 4. The van der Waals surface area contributed by atoms with Crippen LogP contribution >= 0.6 is 12.4 Å². The fraction of sp³-hybridized carbons (Fsp3) is 0.611. The number of carbonyl (C=O) groups is 1. The standard InChI is InChI=1S/C18H28N2O3.ClH/c1-4-10-23-16-7-6-14(11-17(16)22-5-2)18(21)20-15-12-19-9-8-13(15)3;/h6-7,11,13,15,19H,4-5,8-10,12H2,1-3H3,(H,20,21);1H. The molecule has 1 aliphatic heterocycles. The molecule has 1 aliphatic rings. The average Bonchev–Trinajstić information content (AvgIpc) is 2.56. The minimum atomic E-state index is -0.0615. The normalized spacial score (nSPS) is 20.0. The summed E-state index contributed by atoms with van der Waals surface area (Å²) in [6.45, 7) is 9.18. The molecule has 1 aromatic carbocycles. The van der Waals surface area contributed by atoms with Gasteiger partial charge in [0.2, 0.25) is 0 Å². The number of halogens is 1. The van der Waals surface area contributed by atoms with Crippen LogP contribution in [0.5, 0.6) is 11.5 Å². The van der Waals surface area contributed by atoms with Crippen LogP contribution in [0.25, 0.3) is 0 Å². The molecule has 2 N–H and O–H groups in total. The van der Waals surface area contributed by atoms with E-state index in [1.807, 2.05) is 13.0 Å². The molecule has 2 rings (SSSR count). The first-order valence-corrected chi connectivity index (χ1v) is 8.56. The minimum absolute atomic E-state index is 0. The zero-order valence-corrected chi connectivity index (χ0v) is 15.6. The summed E-state index contributed by atoms with van der Waals surface area (Å²) in [5.41, 5.74) is 0.607. The zero-order chi connectivity index (χ0) is 16.7. The van der Waals surface area contributed by atoms with Crippen molar-refractivity contribution in [1.29, 1.82) is 0 Å². The summed E-state index contributed by atoms with van der Waals surface area (Å²) < 4.78 is 11.3. The van der Waals surface area contributed by atoms with Crippen LogP contribution in [-0.2, 0) is 0 Å². The first-order valence-electron chi connectivity index (χ1n) is 8.56. The molecule has 2 unspecified atom stereocenters. The Morgan fingerprint density at radius 2 is 2.08 bits per heavy atom. The first-order chi connectivity index (χ1) is 11.2. The topological polar surface area (TPSA) is 59.6 Å². The number of piperidine rings is 1. The molecule has 1 aromatic rings. The Balaban J connectivity index is 0.00000288. The van der Waals surface area contributed by atoms with Gasteiger partial charge in [0, 0.05) is 18.2 Å². The smallest absolute Gasteiger partial charge is 0.251 e. The Labute approximate surface area is 150 Å². The molecule has 0 aromatic heterocycles. The lowest BCUT2D eigenvalue weighted by molar-refractivity contribution is 0.0914. The number of nitrogens with one attached hydrogen (secondary N) is 2. The van der Waals surface area contributed by atoms with Crippen LogP contribution in [0.2, 0.25) is 0 Å². The highest BCUT2D eigenvalue weighted by Crippen LogP contribution is 2.29. The molecule has 0 radical (unpaired) electrons. The fourth-order valence-electron chi connectivity index (χ4n) is 2.68. The molecule has 1 fully saturated rings. The number of rotatable bonds is 7. The van der Waals surface area contributed by atoms with Crippen LogP contribution in [0, 0.1) is 5.92 Å². The summed E-state index contributed by atoms with van der Waals surface area (Å²) in [6, 6.07) is 5.55. The molecule has 0 bridgehead atoms. The molecule has 1 amide bonds. The van der Waals surface area contributed by atoms with Gasteiger partial charge in [-0.1, -0.05) is 13.8 Å². The van der Waals surface area contributed by atoms with Crippen molar-refractivity contribution >= 4 is 18.3 Å². The number of amides is 1. The van der Waals surface area contributed by atoms with Crippen LogP contribution in [0.1, 0.15) is 44.0 Å². The molecule has 0 spiro atoms. The lowest BCUT2D eigenvalue weighted by Crippen LogP contribution is -2.50. The van der Waals surface area contributed by atoms with E-state index in [4.69, 9.17) is 9.47 Å². The Bertz CT molecular complexity index is 525. The van der Waals surface area contributed by atoms with Gasteiger partial charge in [-0.3, -0.25) is 4.79 Å². The van der Waals surface area contributed by atoms with E-state index in [0.29, 0.717) is 36.2 Å². The summed E-state index contributed by atoms with van der Waals surface area (Å²) in [4.78, 5) is 12.5. The lowest BCUT2D eigenvalue weighted by Gasteiger charge is -2.30. The molecule has 0 saturated carbocycles. The predicted molar refractivity (Wildman–Crippen MR) is 98.5 cm³/mol. The van der Waals surface area contributed by atoms with Gasteiger partial charge in [-0.25, -0.2) is 0 Å². The quantitative estimate of drug-likeness (QED) is 0.788. The van der Waals surface area contributed by atoms with Crippen molar-refractivity contribution in [3.05, 3.63) is 23.8 Å². The second-order valence-corrected chi connectivity index (χ2v) is 5.99. The maximum atomic E-state index is 12.5. The molecule has 136 valence electrons. The Kier molecular flexibility index (Phi) is 8.93. The van der Waals surface area contributed by atoms with E-state index in [1.54, 1.807) is 12.1 Å². The number of hydrogen-bond donors (Lipinski definition) is 2. The van der Waals surface area contributed by atoms with Crippen molar-refractivity contribution in [3.63, 3.8) is 0 Å². The number of carbonyl (C=O) groups excluding carboxylic acids is 1. The monoisotopic (exact) mass is 356 g/mol. The Hall–Kier alpha value is -1.46. The SMILES string of the molecule is CCCOc1ccc(C(=O)NC2CNCCC2C)cc1OCC.Cl. The van der Waals surface area contributed by atoms with Crippen LogP contribution in [0.4, 0.5) is 0 Å². The van der Waals surface area contributed by atoms with Gasteiger partial charge in [0.1, 0.15) is 0 Å². The lowest BCUT2D eigenvalue weighted by atomic mass is 9.94. The van der Waals surface area contributed by atoms with Gasteiger partial charge in [-0.05, 0) is 50.4 Å². The van der Waals surface area contributed by atoms with Gasteiger partial charge in [-0.15, -0.1) is 12.4 Å². The van der Waals surface area contributed by atoms with E-state index in [9.17, 15) is 4.79 Å². The van der Waals surface area contributed by atoms with Crippen molar-refractivity contribution in [2.24, 2.45) is 5.92 Å². The summed E-state index contributed by atoms with van der Waals surface area (Å²) in [5.74, 6) is 1.74. The van der Waals surface area contributed by atoms with Gasteiger partial charge in [0.05, 0.1) is 13.2 Å². The third-order valence-electron chi connectivity index (χ3n) is 4.11. The van der Waals surface area contributed by atoms with Crippen molar-refractivity contribution in [3.8, 4) is 11.5 Å². The third kappa shape index (κ3) is 5.56. The summed E-state index contributed by atoms with van der Waals surface area (Å²) in [6.07, 6.45) is 2.01. The molecule has 1 saturated heterocycles. The van der Waals surface area contributed by atoms with Crippen molar-refractivity contribution in [1.82, 2.24) is 10.6 Å². The van der Waals surface area contributed by atoms with Gasteiger partial charge < -0.3 is 20.1 Å². The zero-order valence-electron chi connectivity index (χ0n) is 14.8. The van der Waals surface area contributed by atoms with Gasteiger partial charge >= 0.3 is 0 Å². The van der Waals surface area contributed by atoms with Crippen LogP contribution in [0.15, 0.2) is 18.2 Å². The van der Waals surface area contributed by atoms with Crippen LogP contribution < -0.4 is 20.1 Å². The van der Waals surface area contributed by atoms with E-state index in [0.717, 1.165) is 25.9 Å². The summed E-state index contributed by atoms with van der Waals surface area (Å²) in [5, 5.41) is 6.45. The average molecular weight is 357 g/mol. The Morgan fingerprint density at radius 3 is 2.75 bits per heavy atom. The minimum Gasteiger partial charge on any atom is -0.490 e. The van der Waals surface area contributed by atoms with E-state index in [2.05, 4.69) is 24.5 Å². The largest absolute Gasteiger partial charge is 0.490 e. The maximum Gasteiger partial charge on any atom is 0.251 e. The van der Waals surface area contributed by atoms with Crippen molar-refractivity contribution < 1.29 is 14.3 Å². The van der Waals surface area contributed by atoms with Gasteiger partial charge in [0.15, 0.2) is 11.5 Å². The highest BCUT2D eigenvalue weighted by Gasteiger charge is 2.23. The van der Waals surface area contributed by atoms with Crippen molar-refractivity contribution in [2.45, 2.75) is 39.7 Å². The molecule has 1 heterocycles. The fourth-order valence-corrected chi connectivity index (χ4v) is 2.68. The number of ether oxygens (including phenoxy) is 2. The van der Waals surface area contributed by atoms with Crippen LogP contribution in [0.3, 0.4) is 0 Å². The van der Waals surface area contributed by atoms with E-state index < -0.39 is 0 Å². The highest BCUT2D eigenvalue weighted by atomic mass is 35.5. The van der Waals surface area contributed by atoms with Gasteiger partial charge in [0.25, 0.3) is 5.91 Å². The van der Waals surface area contributed by atoms with Crippen molar-refractivity contribution in [2.75, 3.05) is 26.3 Å². The maximum absolute atomic E-state index is 12.5. The van der Waals surface area contributed by atoms with E-state index in [1.165, 1.54) is 0 Å². The van der Waals surface area contributed by atoms with E-state index in [-0.39, 0.29) is 24.4 Å². The third-order valence-corrected chi connectivity index (χ3v) is 4.11. The predicted octanol–water partition coefficient (Wildman–Crippen LogP) is 3.02. The molecule has 24 heavy (non-hydrogen) atoms. The summed E-state index contributed by atoms with van der Waals surface area (Å²) >= 11 is 0. The van der Waals surface area contributed by atoms with Crippen LogP contribution in [-0.4, -0.2) is 38.3 Å². The molecule has 5 nitrogen and oxygen atoms in total. The second kappa shape index (κ2) is 10.4. The molecule has 6 heteroatoms. The Morgan fingerprint density at radius 1 is 1.29 bits per heavy atom. The first kappa shape index (κ1) is 20.6.